The fourth-order valence-corrected chi connectivity index (χ4v) is 4.15. The van der Waals surface area contributed by atoms with Crippen LogP contribution in [-0.4, -0.2) is 110 Å². The molecule has 228 valence electrons. The first-order valence-corrected chi connectivity index (χ1v) is 12.6. The summed E-state index contributed by atoms with van der Waals surface area (Å²) >= 11 is 0. The monoisotopic (exact) mass is 580 g/mol. The van der Waals surface area contributed by atoms with E-state index in [2.05, 4.69) is 5.73 Å². The number of ether oxygens (including phenoxy) is 6. The van der Waals surface area contributed by atoms with Crippen LogP contribution in [0.1, 0.15) is 11.1 Å². The van der Waals surface area contributed by atoms with Gasteiger partial charge in [0.05, 0.1) is 49.3 Å². The summed E-state index contributed by atoms with van der Waals surface area (Å²) in [5.74, 6) is 2.66. The van der Waals surface area contributed by atoms with Crippen LogP contribution in [0.25, 0.3) is 0 Å². The fourth-order valence-electron chi connectivity index (χ4n) is 4.15. The maximum atomic E-state index is 11.1. The molecular formula is C29H40O12. The van der Waals surface area contributed by atoms with Crippen LogP contribution in [0.15, 0.2) is 41.6 Å². The lowest BCUT2D eigenvalue weighted by molar-refractivity contribution is -0.134. The standard InChI is InChI=1S/C29H40O12/c1-36-20-13-24(40-5)22(38-3)11-16(20)8-7-9-17(26(32)28(34)29(35)27(33)19(31)15-30)10-18-12-23(39-4)25(41-6)14-21(18)37-2/h7,11-14,19,26-35H,8,10,15H2,1-6H3/t9?,19-,26?,27+,28+,29-/m0/s1. The summed E-state index contributed by atoms with van der Waals surface area (Å²) in [5, 5.41) is 61.2. The Bertz CT molecular complexity index is 1190. The highest BCUT2D eigenvalue weighted by Crippen LogP contribution is 2.37. The van der Waals surface area contributed by atoms with Crippen molar-refractivity contribution >= 4 is 0 Å². The molecule has 0 fully saturated rings. The van der Waals surface area contributed by atoms with Crippen LogP contribution in [0.3, 0.4) is 0 Å². The Morgan fingerprint density at radius 1 is 0.634 bits per heavy atom. The molecule has 0 aromatic heterocycles. The van der Waals surface area contributed by atoms with Crippen LogP contribution in [0, 0.1) is 0 Å². The number of rotatable bonds is 16. The summed E-state index contributed by atoms with van der Waals surface area (Å²) in [7, 11) is 8.91. The van der Waals surface area contributed by atoms with Gasteiger partial charge in [0.25, 0.3) is 0 Å². The van der Waals surface area contributed by atoms with E-state index in [9.17, 15) is 25.5 Å². The van der Waals surface area contributed by atoms with Gasteiger partial charge in [-0.2, -0.15) is 0 Å². The van der Waals surface area contributed by atoms with Crippen LogP contribution in [0.2, 0.25) is 0 Å². The first-order valence-electron chi connectivity index (χ1n) is 12.6. The third-order valence-corrected chi connectivity index (χ3v) is 6.53. The highest BCUT2D eigenvalue weighted by Gasteiger charge is 2.35. The Morgan fingerprint density at radius 3 is 1.54 bits per heavy atom. The van der Waals surface area contributed by atoms with Crippen molar-refractivity contribution in [2.75, 3.05) is 49.3 Å². The second-order valence-electron chi connectivity index (χ2n) is 8.96. The van der Waals surface area contributed by atoms with Crippen molar-refractivity contribution in [3.8, 4) is 34.5 Å². The fraction of sp³-hybridized carbons (Fsp3) is 0.483. The summed E-state index contributed by atoms with van der Waals surface area (Å²) in [6.07, 6.45) is -7.56. The largest absolute Gasteiger partial charge is 0.496 e. The summed E-state index contributed by atoms with van der Waals surface area (Å²) in [4.78, 5) is 0. The van der Waals surface area contributed by atoms with Gasteiger partial charge in [0.15, 0.2) is 23.0 Å². The van der Waals surface area contributed by atoms with E-state index < -0.39 is 37.1 Å². The number of hydrogen-bond acceptors (Lipinski definition) is 12. The Balaban J connectivity index is 2.59. The van der Waals surface area contributed by atoms with E-state index in [1.165, 1.54) is 42.7 Å². The van der Waals surface area contributed by atoms with Gasteiger partial charge in [-0.3, -0.25) is 0 Å². The third-order valence-electron chi connectivity index (χ3n) is 6.53. The lowest BCUT2D eigenvalue weighted by Gasteiger charge is -2.29. The van der Waals surface area contributed by atoms with Crippen molar-refractivity contribution in [1.82, 2.24) is 0 Å². The van der Waals surface area contributed by atoms with Crippen LogP contribution in [-0.2, 0) is 12.8 Å². The van der Waals surface area contributed by atoms with E-state index in [1.54, 1.807) is 30.3 Å². The minimum Gasteiger partial charge on any atom is -0.496 e. The topological polar surface area (TPSA) is 177 Å². The van der Waals surface area contributed by atoms with E-state index >= 15 is 0 Å². The van der Waals surface area contributed by atoms with Crippen LogP contribution >= 0.6 is 0 Å². The SMILES string of the molecule is COc1cc(OC)c(OC)cc1CC=C=C(Cc1cc(OC)c(OC)cc1OC)C(O)[C@@H](O)[C@@H](O)[C@H](O)[C@@H](O)CO. The van der Waals surface area contributed by atoms with Crippen molar-refractivity contribution in [2.24, 2.45) is 0 Å². The average Bonchev–Trinajstić information content (AvgIpc) is 3.01. The molecule has 2 aromatic rings. The van der Waals surface area contributed by atoms with Gasteiger partial charge in [0.1, 0.15) is 42.0 Å². The van der Waals surface area contributed by atoms with Gasteiger partial charge in [-0.25, -0.2) is 0 Å². The van der Waals surface area contributed by atoms with Gasteiger partial charge in [-0.15, -0.1) is 5.73 Å². The lowest BCUT2D eigenvalue weighted by atomic mass is 9.91. The second kappa shape index (κ2) is 16.1. The van der Waals surface area contributed by atoms with Crippen molar-refractivity contribution in [3.63, 3.8) is 0 Å². The zero-order chi connectivity index (χ0) is 30.7. The molecule has 12 heteroatoms. The quantitative estimate of drug-likeness (QED) is 0.151. The van der Waals surface area contributed by atoms with Crippen LogP contribution in [0.5, 0.6) is 34.5 Å². The highest BCUT2D eigenvalue weighted by atomic mass is 16.5. The predicted molar refractivity (Wildman–Crippen MR) is 148 cm³/mol. The second-order valence-corrected chi connectivity index (χ2v) is 8.96. The molecule has 0 aliphatic heterocycles. The van der Waals surface area contributed by atoms with Crippen molar-refractivity contribution in [2.45, 2.75) is 43.4 Å². The molecule has 0 heterocycles. The highest BCUT2D eigenvalue weighted by molar-refractivity contribution is 5.53. The molecule has 0 saturated heterocycles. The Kier molecular flexibility index (Phi) is 13.2. The van der Waals surface area contributed by atoms with Gasteiger partial charge in [-0.1, -0.05) is 0 Å². The minimum absolute atomic E-state index is 0.0350. The molecule has 0 aliphatic carbocycles. The third kappa shape index (κ3) is 8.27. The Morgan fingerprint density at radius 2 is 1.07 bits per heavy atom. The Hall–Kier alpha value is -3.48. The summed E-state index contributed by atoms with van der Waals surface area (Å²) in [5.41, 5.74) is 4.33. The van der Waals surface area contributed by atoms with E-state index in [-0.39, 0.29) is 18.4 Å². The van der Waals surface area contributed by atoms with Crippen molar-refractivity contribution in [1.29, 1.82) is 0 Å². The summed E-state index contributed by atoms with van der Waals surface area (Å²) in [6, 6.07) is 6.64. The van der Waals surface area contributed by atoms with Gasteiger partial charge in [0, 0.05) is 41.7 Å². The zero-order valence-electron chi connectivity index (χ0n) is 24.0. The number of aliphatic hydroxyl groups excluding tert-OH is 6. The number of hydrogen-bond donors (Lipinski definition) is 6. The molecular weight excluding hydrogens is 540 g/mol. The zero-order valence-corrected chi connectivity index (χ0v) is 24.0. The van der Waals surface area contributed by atoms with Gasteiger partial charge in [-0.05, 0) is 18.2 Å². The molecule has 0 bridgehead atoms. The van der Waals surface area contributed by atoms with E-state index in [1.807, 2.05) is 0 Å². The molecule has 2 rings (SSSR count). The molecule has 12 nitrogen and oxygen atoms in total. The van der Waals surface area contributed by atoms with E-state index in [0.29, 0.717) is 45.6 Å². The maximum absolute atomic E-state index is 11.1. The molecule has 0 amide bonds. The van der Waals surface area contributed by atoms with E-state index in [4.69, 9.17) is 33.5 Å². The first kappa shape index (κ1) is 33.7. The maximum Gasteiger partial charge on any atom is 0.164 e. The number of aliphatic hydroxyl groups is 6. The Labute approximate surface area is 239 Å². The number of methoxy groups -OCH3 is 6. The van der Waals surface area contributed by atoms with Crippen LogP contribution in [0.4, 0.5) is 0 Å². The van der Waals surface area contributed by atoms with Crippen LogP contribution < -0.4 is 28.4 Å². The lowest BCUT2D eigenvalue weighted by Crippen LogP contribution is -2.50. The minimum atomic E-state index is -2.00. The van der Waals surface area contributed by atoms with Gasteiger partial charge >= 0.3 is 0 Å². The van der Waals surface area contributed by atoms with E-state index in [0.717, 1.165) is 0 Å². The normalized spacial score (nSPS) is 14.5. The first-order chi connectivity index (χ1) is 19.6. The molecule has 0 saturated carbocycles. The van der Waals surface area contributed by atoms with Crippen molar-refractivity contribution in [3.05, 3.63) is 52.8 Å². The molecule has 5 atom stereocenters. The average molecular weight is 581 g/mol. The van der Waals surface area contributed by atoms with Crippen molar-refractivity contribution < 1.29 is 59.1 Å². The smallest absolute Gasteiger partial charge is 0.164 e. The number of benzene rings is 2. The predicted octanol–water partition coefficient (Wildman–Crippen LogP) is 0.402. The molecule has 2 aromatic carbocycles. The molecule has 0 spiro atoms. The van der Waals surface area contributed by atoms with Gasteiger partial charge < -0.3 is 59.1 Å². The molecule has 1 unspecified atom stereocenters. The molecule has 6 N–H and O–H groups in total. The van der Waals surface area contributed by atoms with Gasteiger partial charge in [0.2, 0.25) is 0 Å². The molecule has 41 heavy (non-hydrogen) atoms. The summed E-state index contributed by atoms with van der Waals surface area (Å²) < 4.78 is 32.4. The molecule has 0 radical (unpaired) electrons. The summed E-state index contributed by atoms with van der Waals surface area (Å²) in [6.45, 7) is -0.861. The molecule has 0 aliphatic rings.